The number of methoxy groups -OCH3 is 2. The summed E-state index contributed by atoms with van der Waals surface area (Å²) >= 11 is 0. The molecule has 1 fully saturated rings. The van der Waals surface area contributed by atoms with Crippen molar-refractivity contribution in [3.63, 3.8) is 0 Å². The highest BCUT2D eigenvalue weighted by molar-refractivity contribution is 5.94. The van der Waals surface area contributed by atoms with Crippen LogP contribution in [0.15, 0.2) is 67.1 Å². The van der Waals surface area contributed by atoms with Crippen molar-refractivity contribution in [3.05, 3.63) is 89.5 Å². The molecule has 0 spiro atoms. The summed E-state index contributed by atoms with van der Waals surface area (Å²) in [5.41, 5.74) is 3.99. The van der Waals surface area contributed by atoms with Crippen LogP contribution in [0.3, 0.4) is 0 Å². The number of imidazole rings is 1. The summed E-state index contributed by atoms with van der Waals surface area (Å²) < 4.78 is 12.4. The number of carbonyl (C=O) groups is 2. The molecule has 5 rings (SSSR count). The highest BCUT2D eigenvalue weighted by atomic mass is 16.5. The number of amides is 2. The van der Waals surface area contributed by atoms with Gasteiger partial charge in [-0.3, -0.25) is 9.59 Å². The number of nitrogens with one attached hydrogen (secondary N) is 1. The van der Waals surface area contributed by atoms with Gasteiger partial charge in [-0.15, -0.1) is 0 Å². The number of pyridine rings is 2. The molecule has 37 heavy (non-hydrogen) atoms. The highest BCUT2D eigenvalue weighted by Crippen LogP contribution is 2.30. The van der Waals surface area contributed by atoms with Crippen LogP contribution in [-0.2, 0) is 6.54 Å². The quantitative estimate of drug-likeness (QED) is 0.417. The molecule has 4 heterocycles. The van der Waals surface area contributed by atoms with E-state index >= 15 is 0 Å². The van der Waals surface area contributed by atoms with E-state index in [1.54, 1.807) is 18.3 Å². The third kappa shape index (κ3) is 5.25. The molecule has 1 N–H and O–H groups in total. The van der Waals surface area contributed by atoms with Crippen LogP contribution in [0.4, 0.5) is 0 Å². The molecule has 0 bridgehead atoms. The first kappa shape index (κ1) is 24.3. The van der Waals surface area contributed by atoms with E-state index in [4.69, 9.17) is 9.47 Å². The fraction of sp³-hybridized carbons (Fsp3) is 0.286. The predicted octanol–water partition coefficient (Wildman–Crippen LogP) is 3.70. The lowest BCUT2D eigenvalue weighted by atomic mass is 9.89. The molecule has 0 atom stereocenters. The average molecular weight is 500 g/mol. The number of aromatic nitrogens is 3. The molecule has 0 saturated carbocycles. The van der Waals surface area contributed by atoms with Crippen molar-refractivity contribution in [2.45, 2.75) is 25.3 Å². The topological polar surface area (TPSA) is 98.1 Å². The third-order valence-electron chi connectivity index (χ3n) is 6.80. The van der Waals surface area contributed by atoms with Gasteiger partial charge in [-0.2, -0.15) is 0 Å². The van der Waals surface area contributed by atoms with Gasteiger partial charge in [0.15, 0.2) is 5.75 Å². The summed E-state index contributed by atoms with van der Waals surface area (Å²) in [4.78, 5) is 36.0. The zero-order chi connectivity index (χ0) is 25.8. The predicted molar refractivity (Wildman–Crippen MR) is 138 cm³/mol. The van der Waals surface area contributed by atoms with E-state index in [-0.39, 0.29) is 11.8 Å². The Bertz CT molecular complexity index is 1410. The average Bonchev–Trinajstić information content (AvgIpc) is 3.43. The molecule has 2 amide bonds. The zero-order valence-electron chi connectivity index (χ0n) is 20.9. The van der Waals surface area contributed by atoms with Crippen LogP contribution < -0.4 is 14.8 Å². The van der Waals surface area contributed by atoms with E-state index in [9.17, 15) is 9.59 Å². The number of fused-ring (bicyclic) bond motifs is 1. The minimum absolute atomic E-state index is 0.113. The molecule has 190 valence electrons. The first-order valence-electron chi connectivity index (χ1n) is 12.2. The summed E-state index contributed by atoms with van der Waals surface area (Å²) in [6.45, 7) is 1.72. The van der Waals surface area contributed by atoms with Crippen LogP contribution in [0.1, 0.15) is 50.7 Å². The molecule has 1 aromatic carbocycles. The van der Waals surface area contributed by atoms with Crippen molar-refractivity contribution >= 4 is 17.5 Å². The van der Waals surface area contributed by atoms with Crippen molar-refractivity contribution in [2.75, 3.05) is 27.3 Å². The van der Waals surface area contributed by atoms with Gasteiger partial charge in [0, 0.05) is 43.8 Å². The maximum Gasteiger partial charge on any atom is 0.272 e. The van der Waals surface area contributed by atoms with E-state index in [1.807, 2.05) is 58.1 Å². The van der Waals surface area contributed by atoms with Crippen LogP contribution in [0.5, 0.6) is 11.6 Å². The van der Waals surface area contributed by atoms with Crippen LogP contribution in [0.2, 0.25) is 0 Å². The molecule has 0 unspecified atom stereocenters. The van der Waals surface area contributed by atoms with Gasteiger partial charge < -0.3 is 24.1 Å². The standard InChI is InChI=1S/C28H29N5O4/c1-36-24-8-7-23(31-27(24)37-2)28(35)33-14-10-21(11-15-33)20-3-5-22(6-4-20)26(34)30-18-19-9-13-32-16-12-29-25(32)17-19/h3-9,12-13,16-17,21H,10-11,14-15,18H2,1-2H3,(H,30,34). The van der Waals surface area contributed by atoms with Gasteiger partial charge in [-0.25, -0.2) is 9.97 Å². The molecule has 0 radical (unpaired) electrons. The number of carbonyl (C=O) groups excluding carboxylic acids is 2. The van der Waals surface area contributed by atoms with Crippen LogP contribution in [-0.4, -0.2) is 58.4 Å². The number of benzene rings is 1. The van der Waals surface area contributed by atoms with Gasteiger partial charge in [-0.05, 0) is 66.3 Å². The second kappa shape index (κ2) is 10.7. The van der Waals surface area contributed by atoms with Crippen LogP contribution in [0, 0.1) is 0 Å². The number of hydrogen-bond donors (Lipinski definition) is 1. The maximum absolute atomic E-state index is 13.0. The van der Waals surface area contributed by atoms with E-state index in [1.165, 1.54) is 19.8 Å². The summed E-state index contributed by atoms with van der Waals surface area (Å²) in [7, 11) is 3.04. The second-order valence-corrected chi connectivity index (χ2v) is 9.01. The molecule has 0 aliphatic carbocycles. The van der Waals surface area contributed by atoms with E-state index < -0.39 is 0 Å². The van der Waals surface area contributed by atoms with Crippen molar-refractivity contribution in [1.82, 2.24) is 24.6 Å². The number of nitrogens with zero attached hydrogens (tertiary/aromatic N) is 4. The minimum atomic E-state index is -0.113. The number of ether oxygens (including phenoxy) is 2. The first-order valence-corrected chi connectivity index (χ1v) is 12.2. The smallest absolute Gasteiger partial charge is 0.272 e. The van der Waals surface area contributed by atoms with Crippen LogP contribution >= 0.6 is 0 Å². The monoisotopic (exact) mass is 499 g/mol. The maximum atomic E-state index is 13.0. The lowest BCUT2D eigenvalue weighted by molar-refractivity contribution is 0.0705. The first-order chi connectivity index (χ1) is 18.1. The fourth-order valence-corrected chi connectivity index (χ4v) is 4.68. The van der Waals surface area contributed by atoms with Crippen molar-refractivity contribution in [2.24, 2.45) is 0 Å². The SMILES string of the molecule is COc1ccc(C(=O)N2CCC(c3ccc(C(=O)NCc4ccn5ccnc5c4)cc3)CC2)nc1OC. The number of hydrogen-bond acceptors (Lipinski definition) is 6. The largest absolute Gasteiger partial charge is 0.491 e. The third-order valence-corrected chi connectivity index (χ3v) is 6.80. The number of piperidine rings is 1. The summed E-state index contributed by atoms with van der Waals surface area (Å²) in [5, 5.41) is 2.98. The Labute approximate surface area is 215 Å². The Morgan fingerprint density at radius 2 is 1.78 bits per heavy atom. The van der Waals surface area contributed by atoms with Crippen molar-refractivity contribution in [3.8, 4) is 11.6 Å². The summed E-state index contributed by atoms with van der Waals surface area (Å²) in [6, 6.07) is 15.1. The Kier molecular flexibility index (Phi) is 7.02. The molecule has 1 aliphatic rings. The van der Waals surface area contributed by atoms with E-state index in [2.05, 4.69) is 15.3 Å². The molecule has 9 heteroatoms. The van der Waals surface area contributed by atoms with Crippen LogP contribution in [0.25, 0.3) is 5.65 Å². The van der Waals surface area contributed by atoms with Gasteiger partial charge in [0.05, 0.1) is 14.2 Å². The molecule has 3 aromatic heterocycles. The molecule has 9 nitrogen and oxygen atoms in total. The minimum Gasteiger partial charge on any atom is -0.491 e. The van der Waals surface area contributed by atoms with Gasteiger partial charge >= 0.3 is 0 Å². The summed E-state index contributed by atoms with van der Waals surface area (Å²) in [5.74, 6) is 0.897. The molecular formula is C28H29N5O4. The normalized spacial score (nSPS) is 13.9. The highest BCUT2D eigenvalue weighted by Gasteiger charge is 2.26. The van der Waals surface area contributed by atoms with Gasteiger partial charge in [0.1, 0.15) is 11.3 Å². The van der Waals surface area contributed by atoms with Gasteiger partial charge in [0.2, 0.25) is 0 Å². The summed E-state index contributed by atoms with van der Waals surface area (Å²) in [6.07, 6.45) is 7.26. The Hall–Kier alpha value is -4.40. The lowest BCUT2D eigenvalue weighted by Gasteiger charge is -2.32. The molecule has 4 aromatic rings. The molecular weight excluding hydrogens is 470 g/mol. The number of likely N-dealkylation sites (tertiary alicyclic amines) is 1. The zero-order valence-corrected chi connectivity index (χ0v) is 20.9. The lowest BCUT2D eigenvalue weighted by Crippen LogP contribution is -2.38. The van der Waals surface area contributed by atoms with E-state index in [0.29, 0.717) is 48.4 Å². The van der Waals surface area contributed by atoms with E-state index in [0.717, 1.165) is 24.1 Å². The van der Waals surface area contributed by atoms with Gasteiger partial charge in [0.25, 0.3) is 17.7 Å². The Balaban J connectivity index is 1.15. The van der Waals surface area contributed by atoms with Crippen molar-refractivity contribution < 1.29 is 19.1 Å². The second-order valence-electron chi connectivity index (χ2n) is 9.01. The van der Waals surface area contributed by atoms with Crippen molar-refractivity contribution in [1.29, 1.82) is 0 Å². The number of rotatable bonds is 7. The fourth-order valence-electron chi connectivity index (χ4n) is 4.68. The van der Waals surface area contributed by atoms with Gasteiger partial charge in [-0.1, -0.05) is 12.1 Å². The Morgan fingerprint density at radius 1 is 1.00 bits per heavy atom. The Morgan fingerprint density at radius 3 is 2.51 bits per heavy atom. The molecule has 1 saturated heterocycles. The molecule has 1 aliphatic heterocycles.